The van der Waals surface area contributed by atoms with Crippen molar-refractivity contribution in [3.63, 3.8) is 0 Å². The van der Waals surface area contributed by atoms with Gasteiger partial charge in [0, 0.05) is 5.41 Å². The van der Waals surface area contributed by atoms with E-state index in [2.05, 4.69) is 5.32 Å². The molecule has 3 nitrogen and oxygen atoms in total. The van der Waals surface area contributed by atoms with Crippen LogP contribution in [0.15, 0.2) is 0 Å². The van der Waals surface area contributed by atoms with E-state index in [1.807, 2.05) is 13.8 Å². The molecular formula is C16H27NO2. The lowest BCUT2D eigenvalue weighted by atomic mass is 9.58. The molecular weight excluding hydrogens is 238 g/mol. The van der Waals surface area contributed by atoms with Gasteiger partial charge in [0.2, 0.25) is 5.91 Å². The van der Waals surface area contributed by atoms with Gasteiger partial charge < -0.3 is 10.4 Å². The van der Waals surface area contributed by atoms with Gasteiger partial charge >= 0.3 is 0 Å². The summed E-state index contributed by atoms with van der Waals surface area (Å²) in [5.41, 5.74) is -0.602. The molecule has 0 radical (unpaired) electrons. The van der Waals surface area contributed by atoms with Gasteiger partial charge in [-0.2, -0.15) is 0 Å². The number of nitrogens with one attached hydrogen (secondary N) is 1. The van der Waals surface area contributed by atoms with Crippen molar-refractivity contribution in [2.24, 2.45) is 23.2 Å². The summed E-state index contributed by atoms with van der Waals surface area (Å²) in [6.45, 7) is 3.81. The van der Waals surface area contributed by atoms with Crippen LogP contribution in [0.2, 0.25) is 0 Å². The third-order valence-corrected chi connectivity index (χ3v) is 5.68. The van der Waals surface area contributed by atoms with Crippen molar-refractivity contribution in [2.45, 2.75) is 64.3 Å². The highest BCUT2D eigenvalue weighted by Crippen LogP contribution is 2.57. The summed E-state index contributed by atoms with van der Waals surface area (Å²) in [6, 6.07) is 0. The van der Waals surface area contributed by atoms with Crippen LogP contribution in [0.25, 0.3) is 0 Å². The van der Waals surface area contributed by atoms with Crippen molar-refractivity contribution in [1.29, 1.82) is 0 Å². The quantitative estimate of drug-likeness (QED) is 0.823. The van der Waals surface area contributed by atoms with Crippen LogP contribution < -0.4 is 5.32 Å². The first-order valence-electron chi connectivity index (χ1n) is 7.86. The standard InChI is InChI=1S/C16H27NO2/c1-15(2,10-18)17-14(19)16-7-11-3-4-12(8-16)6-13(5-11)9-16/h11-13,18H,3-10H2,1-2H3,(H,17,19)/t11-,12-,13?,16?/m0/s1. The molecule has 4 aliphatic rings. The molecule has 4 aliphatic carbocycles. The molecule has 4 fully saturated rings. The van der Waals surface area contributed by atoms with E-state index in [4.69, 9.17) is 0 Å². The maximum atomic E-state index is 12.8. The molecule has 0 aromatic carbocycles. The largest absolute Gasteiger partial charge is 0.394 e. The van der Waals surface area contributed by atoms with Crippen LogP contribution >= 0.6 is 0 Å². The Balaban J connectivity index is 1.81. The molecule has 0 spiro atoms. The third kappa shape index (κ3) is 2.42. The van der Waals surface area contributed by atoms with Crippen molar-refractivity contribution in [3.05, 3.63) is 0 Å². The Hall–Kier alpha value is -0.570. The molecule has 2 N–H and O–H groups in total. The minimum atomic E-state index is -0.491. The van der Waals surface area contributed by atoms with Crippen LogP contribution in [0.5, 0.6) is 0 Å². The zero-order valence-electron chi connectivity index (χ0n) is 12.2. The molecule has 1 amide bonds. The van der Waals surface area contributed by atoms with Crippen LogP contribution in [0.1, 0.15) is 58.8 Å². The Morgan fingerprint density at radius 2 is 1.68 bits per heavy atom. The van der Waals surface area contributed by atoms with E-state index < -0.39 is 5.54 Å². The first kappa shape index (κ1) is 13.4. The Kier molecular flexibility index (Phi) is 3.16. The highest BCUT2D eigenvalue weighted by Gasteiger charge is 2.52. The van der Waals surface area contributed by atoms with E-state index in [0.29, 0.717) is 0 Å². The van der Waals surface area contributed by atoms with Gasteiger partial charge in [-0.15, -0.1) is 0 Å². The van der Waals surface area contributed by atoms with E-state index in [1.165, 1.54) is 25.7 Å². The van der Waals surface area contributed by atoms with Crippen molar-refractivity contribution < 1.29 is 9.90 Å². The van der Waals surface area contributed by atoms with Gasteiger partial charge in [0.25, 0.3) is 0 Å². The number of carbonyl (C=O) groups is 1. The second kappa shape index (κ2) is 4.47. The summed E-state index contributed by atoms with van der Waals surface area (Å²) in [5, 5.41) is 12.5. The lowest BCUT2D eigenvalue weighted by Gasteiger charge is -2.48. The number of aliphatic hydroxyl groups is 1. The monoisotopic (exact) mass is 265 g/mol. The van der Waals surface area contributed by atoms with Crippen LogP contribution in [-0.4, -0.2) is 23.2 Å². The molecule has 108 valence electrons. The molecule has 0 heterocycles. The third-order valence-electron chi connectivity index (χ3n) is 5.68. The molecule has 3 heteroatoms. The predicted molar refractivity (Wildman–Crippen MR) is 74.5 cm³/mol. The molecule has 0 aliphatic heterocycles. The number of rotatable bonds is 3. The van der Waals surface area contributed by atoms with Gasteiger partial charge in [0.15, 0.2) is 0 Å². The van der Waals surface area contributed by atoms with Crippen molar-refractivity contribution in [2.75, 3.05) is 6.61 Å². The Bertz CT molecular complexity index is 361. The summed E-state index contributed by atoms with van der Waals surface area (Å²) in [6.07, 6.45) is 8.65. The number of aliphatic hydroxyl groups excluding tert-OH is 1. The topological polar surface area (TPSA) is 49.3 Å². The minimum absolute atomic E-state index is 0.00507. The molecule has 4 bridgehead atoms. The molecule has 0 saturated heterocycles. The summed E-state index contributed by atoms with van der Waals surface area (Å²) in [4.78, 5) is 12.8. The average Bonchev–Trinajstić information content (AvgIpc) is 2.55. The molecule has 0 aromatic rings. The van der Waals surface area contributed by atoms with Gasteiger partial charge in [0.1, 0.15) is 0 Å². The zero-order valence-corrected chi connectivity index (χ0v) is 12.2. The second-order valence-corrected chi connectivity index (χ2v) is 8.04. The molecule has 2 atom stereocenters. The molecule has 4 rings (SSSR count). The second-order valence-electron chi connectivity index (χ2n) is 8.04. The van der Waals surface area contributed by atoms with Gasteiger partial charge in [-0.25, -0.2) is 0 Å². The highest BCUT2D eigenvalue weighted by atomic mass is 16.3. The van der Waals surface area contributed by atoms with Crippen molar-refractivity contribution in [3.8, 4) is 0 Å². The number of amides is 1. The maximum Gasteiger partial charge on any atom is 0.226 e. The lowest BCUT2D eigenvalue weighted by molar-refractivity contribution is -0.140. The van der Waals surface area contributed by atoms with E-state index in [9.17, 15) is 9.90 Å². The van der Waals surface area contributed by atoms with Crippen molar-refractivity contribution in [1.82, 2.24) is 5.32 Å². The van der Waals surface area contributed by atoms with Crippen molar-refractivity contribution >= 4 is 5.91 Å². The van der Waals surface area contributed by atoms with Gasteiger partial charge in [-0.05, 0) is 63.7 Å². The van der Waals surface area contributed by atoms with Gasteiger partial charge in [-0.1, -0.05) is 12.8 Å². The van der Waals surface area contributed by atoms with Crippen LogP contribution in [0.3, 0.4) is 0 Å². The molecule has 4 saturated carbocycles. The first-order valence-corrected chi connectivity index (χ1v) is 7.86. The Labute approximate surface area is 116 Å². The van der Waals surface area contributed by atoms with E-state index in [-0.39, 0.29) is 17.9 Å². The number of hydrogen-bond acceptors (Lipinski definition) is 2. The lowest BCUT2D eigenvalue weighted by Crippen LogP contribution is -2.55. The Morgan fingerprint density at radius 3 is 2.21 bits per heavy atom. The van der Waals surface area contributed by atoms with E-state index in [0.717, 1.165) is 37.0 Å². The molecule has 19 heavy (non-hydrogen) atoms. The number of carbonyl (C=O) groups excluding carboxylic acids is 1. The average molecular weight is 265 g/mol. The van der Waals surface area contributed by atoms with E-state index in [1.54, 1.807) is 0 Å². The summed E-state index contributed by atoms with van der Waals surface area (Å²) < 4.78 is 0. The van der Waals surface area contributed by atoms with E-state index >= 15 is 0 Å². The number of hydrogen-bond donors (Lipinski definition) is 2. The highest BCUT2D eigenvalue weighted by molar-refractivity contribution is 5.83. The first-order chi connectivity index (χ1) is 8.92. The van der Waals surface area contributed by atoms with Gasteiger partial charge in [-0.3, -0.25) is 4.79 Å². The van der Waals surface area contributed by atoms with Gasteiger partial charge in [0.05, 0.1) is 12.1 Å². The fourth-order valence-electron chi connectivity index (χ4n) is 4.95. The smallest absolute Gasteiger partial charge is 0.226 e. The summed E-state index contributed by atoms with van der Waals surface area (Å²) in [5.74, 6) is 2.54. The minimum Gasteiger partial charge on any atom is -0.394 e. The molecule has 0 unspecified atom stereocenters. The van der Waals surface area contributed by atoms with Crippen LogP contribution in [0.4, 0.5) is 0 Å². The maximum absolute atomic E-state index is 12.8. The summed E-state index contributed by atoms with van der Waals surface area (Å²) in [7, 11) is 0. The van der Waals surface area contributed by atoms with Crippen LogP contribution in [0, 0.1) is 23.2 Å². The fraction of sp³-hybridized carbons (Fsp3) is 0.938. The normalized spacial score (nSPS) is 41.1. The summed E-state index contributed by atoms with van der Waals surface area (Å²) >= 11 is 0. The number of fused-ring (bicyclic) bond motifs is 1. The van der Waals surface area contributed by atoms with Crippen LogP contribution in [-0.2, 0) is 4.79 Å². The molecule has 0 aromatic heterocycles. The SMILES string of the molecule is CC(C)(CO)NC(=O)C12CC3C[C@H](CC[C@@H](C3)C1)C2. The predicted octanol–water partition coefficient (Wildman–Crippen LogP) is 2.48. The fourth-order valence-corrected chi connectivity index (χ4v) is 4.95. The Morgan fingerprint density at radius 1 is 1.16 bits per heavy atom. The zero-order chi connectivity index (χ0) is 13.7.